The Labute approximate surface area is 108 Å². The van der Waals surface area contributed by atoms with Crippen LogP contribution in [0.2, 0.25) is 0 Å². The highest BCUT2D eigenvalue weighted by atomic mass is 16.6. The molecule has 0 aliphatic rings. The Kier molecular flexibility index (Phi) is 3.28. The lowest BCUT2D eigenvalue weighted by atomic mass is 10.2. The van der Waals surface area contributed by atoms with Crippen molar-refractivity contribution in [2.45, 2.75) is 13.0 Å². The van der Waals surface area contributed by atoms with Crippen LogP contribution in [-0.4, -0.2) is 20.4 Å². The van der Waals surface area contributed by atoms with E-state index in [0.29, 0.717) is 11.4 Å². The first kappa shape index (κ1) is 12.7. The van der Waals surface area contributed by atoms with E-state index in [4.69, 9.17) is 5.73 Å². The fourth-order valence-corrected chi connectivity index (χ4v) is 1.74. The van der Waals surface area contributed by atoms with Crippen LogP contribution < -0.4 is 5.73 Å². The number of hydrogen-bond acceptors (Lipinski definition) is 4. The zero-order chi connectivity index (χ0) is 14.0. The van der Waals surface area contributed by atoms with Crippen LogP contribution in [0, 0.1) is 10.1 Å². The first-order chi connectivity index (χ1) is 9.00. The van der Waals surface area contributed by atoms with E-state index >= 15 is 0 Å². The summed E-state index contributed by atoms with van der Waals surface area (Å²) in [5, 5.41) is 10.8. The molecule has 0 saturated heterocycles. The molecule has 0 spiro atoms. The number of nitrogens with two attached hydrogens (primary N) is 1. The number of nitro benzene ring substituents is 1. The molecular formula is C12H12N4O3. The number of carbonyl (C=O) groups excluding carboxylic acids is 1. The molecule has 2 N–H and O–H groups in total. The smallest absolute Gasteiger partial charge is 0.270 e. The largest absolute Gasteiger partial charge is 0.368 e. The van der Waals surface area contributed by atoms with Gasteiger partial charge in [0, 0.05) is 30.1 Å². The Balaban J connectivity index is 2.48. The molecule has 0 fully saturated rings. The number of carbonyl (C=O) groups is 1. The molecule has 0 radical (unpaired) electrons. The van der Waals surface area contributed by atoms with Gasteiger partial charge in [0.05, 0.1) is 4.92 Å². The van der Waals surface area contributed by atoms with E-state index in [0.717, 1.165) is 0 Å². The minimum atomic E-state index is -0.572. The molecule has 1 aromatic carbocycles. The van der Waals surface area contributed by atoms with Crippen molar-refractivity contribution in [2.75, 3.05) is 0 Å². The van der Waals surface area contributed by atoms with E-state index in [1.807, 2.05) is 0 Å². The van der Waals surface area contributed by atoms with Gasteiger partial charge in [0.15, 0.2) is 0 Å². The number of benzene rings is 1. The molecule has 98 valence electrons. The SMILES string of the molecule is CC(C(N)=O)n1ccnc1-c1cccc([N+](=O)[O-])c1. The minimum Gasteiger partial charge on any atom is -0.368 e. The van der Waals surface area contributed by atoms with Gasteiger partial charge in [-0.05, 0) is 6.92 Å². The summed E-state index contributed by atoms with van der Waals surface area (Å²) in [5.41, 5.74) is 5.79. The van der Waals surface area contributed by atoms with Crippen molar-refractivity contribution in [2.24, 2.45) is 5.73 Å². The van der Waals surface area contributed by atoms with Gasteiger partial charge in [-0.2, -0.15) is 0 Å². The first-order valence-corrected chi connectivity index (χ1v) is 5.57. The van der Waals surface area contributed by atoms with Gasteiger partial charge in [-0.25, -0.2) is 4.98 Å². The summed E-state index contributed by atoms with van der Waals surface area (Å²) in [5.74, 6) is -0.0281. The van der Waals surface area contributed by atoms with Gasteiger partial charge in [0.25, 0.3) is 5.69 Å². The number of aromatic nitrogens is 2. The molecule has 1 amide bonds. The molecule has 7 nitrogen and oxygen atoms in total. The van der Waals surface area contributed by atoms with E-state index in [1.54, 1.807) is 29.8 Å². The van der Waals surface area contributed by atoms with Crippen LogP contribution in [0.4, 0.5) is 5.69 Å². The van der Waals surface area contributed by atoms with Crippen LogP contribution in [0.1, 0.15) is 13.0 Å². The quantitative estimate of drug-likeness (QED) is 0.664. The number of rotatable bonds is 4. The van der Waals surface area contributed by atoms with Gasteiger partial charge >= 0.3 is 0 Å². The summed E-state index contributed by atoms with van der Waals surface area (Å²) < 4.78 is 1.58. The Hall–Kier alpha value is -2.70. The van der Waals surface area contributed by atoms with Crippen LogP contribution in [0.25, 0.3) is 11.4 Å². The molecule has 1 atom stereocenters. The molecule has 0 aliphatic carbocycles. The third kappa shape index (κ3) is 2.44. The summed E-state index contributed by atoms with van der Waals surface area (Å²) in [6.07, 6.45) is 3.14. The van der Waals surface area contributed by atoms with Crippen molar-refractivity contribution in [1.82, 2.24) is 9.55 Å². The number of amides is 1. The van der Waals surface area contributed by atoms with Crippen LogP contribution in [-0.2, 0) is 4.79 Å². The van der Waals surface area contributed by atoms with E-state index < -0.39 is 16.9 Å². The Morgan fingerprint density at radius 3 is 2.89 bits per heavy atom. The summed E-state index contributed by atoms with van der Waals surface area (Å²) in [4.78, 5) is 25.6. The maximum atomic E-state index is 11.2. The highest BCUT2D eigenvalue weighted by molar-refractivity contribution is 5.78. The Morgan fingerprint density at radius 2 is 2.26 bits per heavy atom. The van der Waals surface area contributed by atoms with Crippen LogP contribution in [0.15, 0.2) is 36.7 Å². The van der Waals surface area contributed by atoms with Crippen molar-refractivity contribution < 1.29 is 9.72 Å². The van der Waals surface area contributed by atoms with Crippen molar-refractivity contribution in [3.05, 3.63) is 46.8 Å². The molecule has 2 rings (SSSR count). The van der Waals surface area contributed by atoms with Gasteiger partial charge in [0.2, 0.25) is 5.91 Å². The minimum absolute atomic E-state index is 0.0289. The Bertz CT molecular complexity index is 635. The third-order valence-electron chi connectivity index (χ3n) is 2.81. The molecule has 2 aromatic rings. The molecule has 19 heavy (non-hydrogen) atoms. The molecular weight excluding hydrogens is 248 g/mol. The maximum absolute atomic E-state index is 11.2. The monoisotopic (exact) mass is 260 g/mol. The number of hydrogen-bond donors (Lipinski definition) is 1. The number of nitrogens with zero attached hydrogens (tertiary/aromatic N) is 3. The van der Waals surface area contributed by atoms with Crippen molar-refractivity contribution >= 4 is 11.6 Å². The number of non-ortho nitro benzene ring substituents is 1. The molecule has 1 heterocycles. The van der Waals surface area contributed by atoms with Crippen molar-refractivity contribution in [3.63, 3.8) is 0 Å². The first-order valence-electron chi connectivity index (χ1n) is 5.57. The van der Waals surface area contributed by atoms with E-state index in [1.165, 1.54) is 18.3 Å². The Morgan fingerprint density at radius 1 is 1.53 bits per heavy atom. The van der Waals surface area contributed by atoms with Crippen LogP contribution >= 0.6 is 0 Å². The lowest BCUT2D eigenvalue weighted by Gasteiger charge is -2.12. The molecule has 7 heteroatoms. The maximum Gasteiger partial charge on any atom is 0.270 e. The van der Waals surface area contributed by atoms with Gasteiger partial charge in [-0.3, -0.25) is 14.9 Å². The zero-order valence-electron chi connectivity index (χ0n) is 10.2. The summed E-state index contributed by atoms with van der Waals surface area (Å²) in [6.45, 7) is 1.64. The molecule has 0 saturated carbocycles. The summed E-state index contributed by atoms with van der Waals surface area (Å²) in [6, 6.07) is 5.50. The molecule has 0 aliphatic heterocycles. The van der Waals surface area contributed by atoms with Gasteiger partial charge in [0.1, 0.15) is 11.9 Å². The van der Waals surface area contributed by atoms with Gasteiger partial charge in [-0.15, -0.1) is 0 Å². The predicted octanol–water partition coefficient (Wildman–Crippen LogP) is 1.50. The van der Waals surface area contributed by atoms with Gasteiger partial charge < -0.3 is 10.3 Å². The van der Waals surface area contributed by atoms with E-state index in [2.05, 4.69) is 4.98 Å². The lowest BCUT2D eigenvalue weighted by Crippen LogP contribution is -2.24. The van der Waals surface area contributed by atoms with Crippen LogP contribution in [0.3, 0.4) is 0 Å². The standard InChI is InChI=1S/C12H12N4O3/c1-8(11(13)17)15-6-5-14-12(15)9-3-2-4-10(7-9)16(18)19/h2-8H,1H3,(H2,13,17). The second kappa shape index (κ2) is 4.89. The van der Waals surface area contributed by atoms with E-state index in [-0.39, 0.29) is 5.69 Å². The van der Waals surface area contributed by atoms with Crippen LogP contribution in [0.5, 0.6) is 0 Å². The number of nitro groups is 1. The van der Waals surface area contributed by atoms with Gasteiger partial charge in [-0.1, -0.05) is 12.1 Å². The molecule has 1 aromatic heterocycles. The second-order valence-electron chi connectivity index (χ2n) is 4.04. The normalized spacial score (nSPS) is 12.1. The predicted molar refractivity (Wildman–Crippen MR) is 68.2 cm³/mol. The third-order valence-corrected chi connectivity index (χ3v) is 2.81. The second-order valence-corrected chi connectivity index (χ2v) is 4.04. The fourth-order valence-electron chi connectivity index (χ4n) is 1.74. The average Bonchev–Trinajstić information content (AvgIpc) is 2.86. The molecule has 0 bridgehead atoms. The summed E-state index contributed by atoms with van der Waals surface area (Å²) in [7, 11) is 0. The highest BCUT2D eigenvalue weighted by Gasteiger charge is 2.17. The van der Waals surface area contributed by atoms with E-state index in [9.17, 15) is 14.9 Å². The highest BCUT2D eigenvalue weighted by Crippen LogP contribution is 2.24. The number of imidazole rings is 1. The van der Waals surface area contributed by atoms with Crippen molar-refractivity contribution in [1.29, 1.82) is 0 Å². The molecule has 1 unspecified atom stereocenters. The van der Waals surface area contributed by atoms with Crippen molar-refractivity contribution in [3.8, 4) is 11.4 Å². The fraction of sp³-hybridized carbons (Fsp3) is 0.167. The topological polar surface area (TPSA) is 104 Å². The zero-order valence-corrected chi connectivity index (χ0v) is 10.2. The number of primary amides is 1. The average molecular weight is 260 g/mol. The lowest BCUT2D eigenvalue weighted by molar-refractivity contribution is -0.384. The summed E-state index contributed by atoms with van der Waals surface area (Å²) >= 11 is 0.